The molecule has 1 N–H and O–H groups in total. The van der Waals surface area contributed by atoms with E-state index in [4.69, 9.17) is 0 Å². The van der Waals surface area contributed by atoms with Crippen LogP contribution in [0.1, 0.15) is 11.1 Å². The first-order valence-corrected chi connectivity index (χ1v) is 7.32. The fourth-order valence-corrected chi connectivity index (χ4v) is 3.06. The molecule has 2 aromatic rings. The van der Waals surface area contributed by atoms with Crippen LogP contribution < -0.4 is 4.72 Å². The lowest BCUT2D eigenvalue weighted by molar-refractivity contribution is 0.555. The first-order valence-electron chi connectivity index (χ1n) is 5.84. The SMILES string of the molecule is Cc1cc(C)cc(NS(=O)(=O)c2cc(F)ccc2F)c1. The van der Waals surface area contributed by atoms with Gasteiger partial charge in [0, 0.05) is 5.69 Å². The third kappa shape index (κ3) is 3.14. The van der Waals surface area contributed by atoms with Crippen LogP contribution >= 0.6 is 0 Å². The molecular weight excluding hydrogens is 284 g/mol. The molecule has 20 heavy (non-hydrogen) atoms. The van der Waals surface area contributed by atoms with Gasteiger partial charge in [-0.3, -0.25) is 4.72 Å². The highest BCUT2D eigenvalue weighted by molar-refractivity contribution is 7.92. The quantitative estimate of drug-likeness (QED) is 0.944. The summed E-state index contributed by atoms with van der Waals surface area (Å²) in [5, 5.41) is 0. The summed E-state index contributed by atoms with van der Waals surface area (Å²) in [5.74, 6) is -1.81. The summed E-state index contributed by atoms with van der Waals surface area (Å²) in [6, 6.07) is 7.40. The smallest absolute Gasteiger partial charge is 0.264 e. The molecule has 0 saturated heterocycles. The minimum atomic E-state index is -4.17. The molecule has 106 valence electrons. The summed E-state index contributed by atoms with van der Waals surface area (Å²) in [6.45, 7) is 3.63. The Morgan fingerprint density at radius 1 is 0.950 bits per heavy atom. The molecule has 0 heterocycles. The van der Waals surface area contributed by atoms with Crippen LogP contribution in [0.5, 0.6) is 0 Å². The molecule has 0 unspecified atom stereocenters. The second-order valence-corrected chi connectivity index (χ2v) is 6.21. The Morgan fingerprint density at radius 3 is 2.15 bits per heavy atom. The molecule has 6 heteroatoms. The van der Waals surface area contributed by atoms with Crippen molar-refractivity contribution in [1.29, 1.82) is 0 Å². The van der Waals surface area contributed by atoms with Gasteiger partial charge in [0.25, 0.3) is 10.0 Å². The van der Waals surface area contributed by atoms with E-state index in [1.165, 1.54) is 0 Å². The summed E-state index contributed by atoms with van der Waals surface area (Å²) in [7, 11) is -4.17. The summed E-state index contributed by atoms with van der Waals surface area (Å²) in [4.78, 5) is -0.711. The standard InChI is InChI=1S/C14H13F2NO2S/c1-9-5-10(2)7-12(6-9)17-20(18,19)14-8-11(15)3-4-13(14)16/h3-8,17H,1-2H3. The molecule has 0 fully saturated rings. The number of benzene rings is 2. The lowest BCUT2D eigenvalue weighted by Crippen LogP contribution is -2.15. The van der Waals surface area contributed by atoms with Crippen molar-refractivity contribution in [3.63, 3.8) is 0 Å². The van der Waals surface area contributed by atoms with Crippen LogP contribution in [0.25, 0.3) is 0 Å². The zero-order valence-corrected chi connectivity index (χ0v) is 11.8. The van der Waals surface area contributed by atoms with Crippen LogP contribution in [-0.2, 0) is 10.0 Å². The van der Waals surface area contributed by atoms with Crippen molar-refractivity contribution < 1.29 is 17.2 Å². The fraction of sp³-hybridized carbons (Fsp3) is 0.143. The van der Waals surface area contributed by atoms with E-state index in [-0.39, 0.29) is 0 Å². The van der Waals surface area contributed by atoms with Gasteiger partial charge in [-0.05, 0) is 55.3 Å². The molecule has 2 aromatic carbocycles. The van der Waals surface area contributed by atoms with Crippen LogP contribution in [0.3, 0.4) is 0 Å². The highest BCUT2D eigenvalue weighted by atomic mass is 32.2. The van der Waals surface area contributed by atoms with Gasteiger partial charge in [0.2, 0.25) is 0 Å². The van der Waals surface area contributed by atoms with Gasteiger partial charge in [0.05, 0.1) is 0 Å². The van der Waals surface area contributed by atoms with E-state index < -0.39 is 26.6 Å². The Hall–Kier alpha value is -1.95. The van der Waals surface area contributed by atoms with Crippen molar-refractivity contribution in [2.24, 2.45) is 0 Å². The third-order valence-corrected chi connectivity index (χ3v) is 4.05. The third-order valence-electron chi connectivity index (χ3n) is 2.66. The number of halogens is 2. The number of anilines is 1. The molecule has 0 amide bonds. The Bertz CT molecular complexity index is 738. The van der Waals surface area contributed by atoms with Crippen molar-refractivity contribution in [1.82, 2.24) is 0 Å². The van der Waals surface area contributed by atoms with E-state index in [0.29, 0.717) is 11.8 Å². The fourth-order valence-electron chi connectivity index (χ4n) is 1.93. The molecule has 2 rings (SSSR count). The highest BCUT2D eigenvalue weighted by Crippen LogP contribution is 2.21. The molecule has 0 saturated carbocycles. The Morgan fingerprint density at radius 2 is 1.55 bits per heavy atom. The van der Waals surface area contributed by atoms with E-state index in [1.807, 2.05) is 19.9 Å². The Labute approximate surface area is 116 Å². The van der Waals surface area contributed by atoms with Crippen LogP contribution in [0.2, 0.25) is 0 Å². The van der Waals surface area contributed by atoms with Gasteiger partial charge in [-0.2, -0.15) is 0 Å². The first-order chi connectivity index (χ1) is 9.28. The molecule has 0 radical (unpaired) electrons. The zero-order valence-electron chi connectivity index (χ0n) is 10.9. The van der Waals surface area contributed by atoms with E-state index >= 15 is 0 Å². The largest absolute Gasteiger partial charge is 0.280 e. The van der Waals surface area contributed by atoms with Gasteiger partial charge < -0.3 is 0 Å². The number of aryl methyl sites for hydroxylation is 2. The lowest BCUT2D eigenvalue weighted by Gasteiger charge is -2.10. The molecule has 0 aliphatic rings. The summed E-state index contributed by atoms with van der Waals surface area (Å²) >= 11 is 0. The molecule has 0 aromatic heterocycles. The maximum atomic E-state index is 13.5. The zero-order chi connectivity index (χ0) is 14.9. The van der Waals surface area contributed by atoms with Crippen LogP contribution in [0.15, 0.2) is 41.3 Å². The molecule has 3 nitrogen and oxygen atoms in total. The van der Waals surface area contributed by atoms with Crippen LogP contribution in [0.4, 0.5) is 14.5 Å². The summed E-state index contributed by atoms with van der Waals surface area (Å²) < 4.78 is 53.0. The predicted octanol–water partition coefficient (Wildman–Crippen LogP) is 3.38. The van der Waals surface area contributed by atoms with Crippen LogP contribution in [-0.4, -0.2) is 8.42 Å². The van der Waals surface area contributed by atoms with Crippen molar-refractivity contribution in [2.75, 3.05) is 4.72 Å². The first kappa shape index (κ1) is 14.5. The van der Waals surface area contributed by atoms with E-state index in [9.17, 15) is 17.2 Å². The van der Waals surface area contributed by atoms with Gasteiger partial charge >= 0.3 is 0 Å². The normalized spacial score (nSPS) is 11.4. The van der Waals surface area contributed by atoms with Gasteiger partial charge in [0.15, 0.2) is 0 Å². The van der Waals surface area contributed by atoms with Gasteiger partial charge in [-0.15, -0.1) is 0 Å². The average Bonchev–Trinajstić information content (AvgIpc) is 2.30. The van der Waals surface area contributed by atoms with Crippen LogP contribution in [0, 0.1) is 25.5 Å². The second kappa shape index (κ2) is 5.20. The molecular formula is C14H13F2NO2S. The van der Waals surface area contributed by atoms with Crippen molar-refractivity contribution >= 4 is 15.7 Å². The number of sulfonamides is 1. The van der Waals surface area contributed by atoms with Crippen molar-refractivity contribution in [3.05, 3.63) is 59.2 Å². The highest BCUT2D eigenvalue weighted by Gasteiger charge is 2.20. The molecule has 0 atom stereocenters. The molecule has 0 aliphatic carbocycles. The second-order valence-electron chi connectivity index (χ2n) is 4.56. The summed E-state index contributed by atoms with van der Waals surface area (Å²) in [5.41, 5.74) is 2.04. The maximum Gasteiger partial charge on any atom is 0.264 e. The Kier molecular flexibility index (Phi) is 3.76. The van der Waals surface area contributed by atoms with E-state index in [1.54, 1.807) is 12.1 Å². The van der Waals surface area contributed by atoms with E-state index in [2.05, 4.69) is 4.72 Å². The minimum absolute atomic E-state index is 0.311. The van der Waals surface area contributed by atoms with Crippen molar-refractivity contribution in [2.45, 2.75) is 18.7 Å². The van der Waals surface area contributed by atoms with Gasteiger partial charge in [-0.1, -0.05) is 6.07 Å². The average molecular weight is 297 g/mol. The number of nitrogens with one attached hydrogen (secondary N) is 1. The lowest BCUT2D eigenvalue weighted by atomic mass is 10.1. The topological polar surface area (TPSA) is 46.2 Å². The van der Waals surface area contributed by atoms with Gasteiger partial charge in [-0.25, -0.2) is 17.2 Å². The Balaban J connectivity index is 2.43. The van der Waals surface area contributed by atoms with Crippen molar-refractivity contribution in [3.8, 4) is 0 Å². The number of hydrogen-bond donors (Lipinski definition) is 1. The van der Waals surface area contributed by atoms with Gasteiger partial charge in [0.1, 0.15) is 16.5 Å². The number of hydrogen-bond acceptors (Lipinski definition) is 2. The molecule has 0 spiro atoms. The minimum Gasteiger partial charge on any atom is -0.280 e. The summed E-state index contributed by atoms with van der Waals surface area (Å²) in [6.07, 6.45) is 0. The number of rotatable bonds is 3. The van der Waals surface area contributed by atoms with E-state index in [0.717, 1.165) is 23.3 Å². The molecule has 0 bridgehead atoms. The maximum absolute atomic E-state index is 13.5. The molecule has 0 aliphatic heterocycles. The monoisotopic (exact) mass is 297 g/mol. The predicted molar refractivity (Wildman–Crippen MR) is 73.1 cm³/mol.